The highest BCUT2D eigenvalue weighted by molar-refractivity contribution is 5.98. The number of hydrogen-bond donors (Lipinski definition) is 1. The molecule has 92 valence electrons. The summed E-state index contributed by atoms with van der Waals surface area (Å²) in [5.74, 6) is 0.0636. The number of pyridine rings is 1. The molecule has 3 rings (SSSR count). The fourth-order valence-corrected chi connectivity index (χ4v) is 2.36. The summed E-state index contributed by atoms with van der Waals surface area (Å²) in [5.41, 5.74) is 7.45. The molecule has 4 nitrogen and oxygen atoms in total. The lowest BCUT2D eigenvalue weighted by molar-refractivity contribution is 0.0791. The Morgan fingerprint density at radius 1 is 1.39 bits per heavy atom. The standard InChI is InChI=1S/C14H15N3O/c15-12-5-7-17(9-12)14(18)11-3-4-13-10(8-11)2-1-6-16-13/h1-4,6,8,12H,5,7,9,15H2. The molecule has 2 aromatic rings. The van der Waals surface area contributed by atoms with Gasteiger partial charge in [-0.05, 0) is 30.7 Å². The maximum Gasteiger partial charge on any atom is 0.253 e. The van der Waals surface area contributed by atoms with Crippen LogP contribution in [0.3, 0.4) is 0 Å². The van der Waals surface area contributed by atoms with Crippen molar-refractivity contribution >= 4 is 16.8 Å². The topological polar surface area (TPSA) is 59.2 Å². The highest BCUT2D eigenvalue weighted by atomic mass is 16.2. The molecule has 2 N–H and O–H groups in total. The normalized spacial score (nSPS) is 19.4. The second-order valence-corrected chi connectivity index (χ2v) is 4.71. The molecular formula is C14H15N3O. The molecule has 1 aromatic heterocycles. The molecule has 4 heteroatoms. The fraction of sp³-hybridized carbons (Fsp3) is 0.286. The van der Waals surface area contributed by atoms with Gasteiger partial charge in [0.2, 0.25) is 0 Å². The van der Waals surface area contributed by atoms with E-state index in [2.05, 4.69) is 4.98 Å². The molecular weight excluding hydrogens is 226 g/mol. The van der Waals surface area contributed by atoms with Gasteiger partial charge in [0.15, 0.2) is 0 Å². The van der Waals surface area contributed by atoms with Crippen molar-refractivity contribution in [1.82, 2.24) is 9.88 Å². The third-order valence-corrected chi connectivity index (χ3v) is 3.36. The van der Waals surface area contributed by atoms with E-state index in [1.54, 1.807) is 6.20 Å². The molecule has 0 aliphatic carbocycles. The summed E-state index contributed by atoms with van der Waals surface area (Å²) in [7, 11) is 0. The number of aromatic nitrogens is 1. The third-order valence-electron chi connectivity index (χ3n) is 3.36. The number of benzene rings is 1. The van der Waals surface area contributed by atoms with Crippen molar-refractivity contribution in [1.29, 1.82) is 0 Å². The molecule has 1 aliphatic heterocycles. The average molecular weight is 241 g/mol. The quantitative estimate of drug-likeness (QED) is 0.821. The van der Waals surface area contributed by atoms with Crippen LogP contribution in [0.5, 0.6) is 0 Å². The largest absolute Gasteiger partial charge is 0.337 e. The van der Waals surface area contributed by atoms with Gasteiger partial charge in [-0.3, -0.25) is 9.78 Å². The van der Waals surface area contributed by atoms with Gasteiger partial charge >= 0.3 is 0 Å². The van der Waals surface area contributed by atoms with Crippen molar-refractivity contribution in [3.8, 4) is 0 Å². The molecule has 1 amide bonds. The minimum atomic E-state index is 0.0636. The summed E-state index contributed by atoms with van der Waals surface area (Å²) in [4.78, 5) is 18.4. The Bertz CT molecular complexity index is 596. The first kappa shape index (κ1) is 11.2. The maximum absolute atomic E-state index is 12.3. The van der Waals surface area contributed by atoms with Crippen LogP contribution < -0.4 is 5.73 Å². The predicted molar refractivity (Wildman–Crippen MR) is 70.2 cm³/mol. The SMILES string of the molecule is NC1CCN(C(=O)c2ccc3ncccc3c2)C1. The van der Waals surface area contributed by atoms with Crippen LogP contribution in [0.25, 0.3) is 10.9 Å². The molecule has 0 spiro atoms. The minimum Gasteiger partial charge on any atom is -0.337 e. The van der Waals surface area contributed by atoms with E-state index in [4.69, 9.17) is 5.73 Å². The Morgan fingerprint density at radius 3 is 3.06 bits per heavy atom. The molecule has 1 atom stereocenters. The Kier molecular flexibility index (Phi) is 2.72. The van der Waals surface area contributed by atoms with Gasteiger partial charge in [0.1, 0.15) is 0 Å². The molecule has 0 radical (unpaired) electrons. The fourth-order valence-electron chi connectivity index (χ4n) is 2.36. The molecule has 1 fully saturated rings. The summed E-state index contributed by atoms with van der Waals surface area (Å²) in [6, 6.07) is 9.59. The van der Waals surface area contributed by atoms with Crippen molar-refractivity contribution in [3.63, 3.8) is 0 Å². The zero-order valence-corrected chi connectivity index (χ0v) is 10.0. The van der Waals surface area contributed by atoms with Gasteiger partial charge in [-0.2, -0.15) is 0 Å². The van der Waals surface area contributed by atoms with Crippen LogP contribution in [0.1, 0.15) is 16.8 Å². The van der Waals surface area contributed by atoms with Crippen LogP contribution in [0.15, 0.2) is 36.5 Å². The molecule has 1 aliphatic rings. The number of hydrogen-bond acceptors (Lipinski definition) is 3. The zero-order chi connectivity index (χ0) is 12.5. The summed E-state index contributed by atoms with van der Waals surface area (Å²) in [6.45, 7) is 1.41. The summed E-state index contributed by atoms with van der Waals surface area (Å²) in [5, 5.41) is 0.992. The zero-order valence-electron chi connectivity index (χ0n) is 10.0. The van der Waals surface area contributed by atoms with Crippen LogP contribution in [0.2, 0.25) is 0 Å². The smallest absolute Gasteiger partial charge is 0.253 e. The van der Waals surface area contributed by atoms with E-state index in [0.717, 1.165) is 23.9 Å². The number of fused-ring (bicyclic) bond motifs is 1. The molecule has 18 heavy (non-hydrogen) atoms. The summed E-state index contributed by atoms with van der Waals surface area (Å²) >= 11 is 0. The maximum atomic E-state index is 12.3. The number of nitrogens with two attached hydrogens (primary N) is 1. The van der Waals surface area contributed by atoms with Gasteiger partial charge in [-0.25, -0.2) is 0 Å². The number of rotatable bonds is 1. The van der Waals surface area contributed by atoms with E-state index < -0.39 is 0 Å². The summed E-state index contributed by atoms with van der Waals surface area (Å²) < 4.78 is 0. The van der Waals surface area contributed by atoms with Gasteiger partial charge in [0.25, 0.3) is 5.91 Å². The predicted octanol–water partition coefficient (Wildman–Crippen LogP) is 1.41. The van der Waals surface area contributed by atoms with Crippen molar-refractivity contribution in [2.24, 2.45) is 5.73 Å². The third kappa shape index (κ3) is 1.95. The molecule has 1 saturated heterocycles. The Hall–Kier alpha value is -1.94. The number of likely N-dealkylation sites (tertiary alicyclic amines) is 1. The van der Waals surface area contributed by atoms with Crippen molar-refractivity contribution in [3.05, 3.63) is 42.1 Å². The van der Waals surface area contributed by atoms with Crippen molar-refractivity contribution < 1.29 is 4.79 Å². The van der Waals surface area contributed by atoms with E-state index in [9.17, 15) is 4.79 Å². The number of amides is 1. The highest BCUT2D eigenvalue weighted by Crippen LogP contribution is 2.17. The van der Waals surface area contributed by atoms with Crippen LogP contribution >= 0.6 is 0 Å². The molecule has 0 bridgehead atoms. The Balaban J connectivity index is 1.92. The number of nitrogens with zero attached hydrogens (tertiary/aromatic N) is 2. The Labute approximate surface area is 105 Å². The van der Waals surface area contributed by atoms with E-state index in [1.807, 2.05) is 35.2 Å². The number of carbonyl (C=O) groups excluding carboxylic acids is 1. The van der Waals surface area contributed by atoms with E-state index in [0.29, 0.717) is 12.1 Å². The van der Waals surface area contributed by atoms with E-state index in [1.165, 1.54) is 0 Å². The molecule has 2 heterocycles. The first-order valence-corrected chi connectivity index (χ1v) is 6.14. The minimum absolute atomic E-state index is 0.0636. The van der Waals surface area contributed by atoms with Gasteiger partial charge in [-0.15, -0.1) is 0 Å². The van der Waals surface area contributed by atoms with Crippen LogP contribution in [0, 0.1) is 0 Å². The lowest BCUT2D eigenvalue weighted by Crippen LogP contribution is -2.31. The molecule has 1 unspecified atom stereocenters. The first-order chi connectivity index (χ1) is 8.74. The second kappa shape index (κ2) is 4.38. The highest BCUT2D eigenvalue weighted by Gasteiger charge is 2.24. The van der Waals surface area contributed by atoms with Crippen molar-refractivity contribution in [2.45, 2.75) is 12.5 Å². The Morgan fingerprint density at radius 2 is 2.28 bits per heavy atom. The van der Waals surface area contributed by atoms with Gasteiger partial charge in [0, 0.05) is 36.3 Å². The number of carbonyl (C=O) groups is 1. The van der Waals surface area contributed by atoms with Crippen molar-refractivity contribution in [2.75, 3.05) is 13.1 Å². The molecule has 1 aromatic carbocycles. The van der Waals surface area contributed by atoms with E-state index in [-0.39, 0.29) is 11.9 Å². The van der Waals surface area contributed by atoms with E-state index >= 15 is 0 Å². The monoisotopic (exact) mass is 241 g/mol. The van der Waals surface area contributed by atoms with Crippen LogP contribution in [0.4, 0.5) is 0 Å². The second-order valence-electron chi connectivity index (χ2n) is 4.71. The van der Waals surface area contributed by atoms with Gasteiger partial charge in [0.05, 0.1) is 5.52 Å². The first-order valence-electron chi connectivity index (χ1n) is 6.14. The van der Waals surface area contributed by atoms with Crippen LogP contribution in [-0.2, 0) is 0 Å². The van der Waals surface area contributed by atoms with Gasteiger partial charge < -0.3 is 10.6 Å². The average Bonchev–Trinajstić information content (AvgIpc) is 2.84. The lowest BCUT2D eigenvalue weighted by Gasteiger charge is -2.15. The molecule has 0 saturated carbocycles. The lowest BCUT2D eigenvalue weighted by atomic mass is 10.1. The van der Waals surface area contributed by atoms with Crippen LogP contribution in [-0.4, -0.2) is 34.9 Å². The van der Waals surface area contributed by atoms with Gasteiger partial charge in [-0.1, -0.05) is 6.07 Å². The summed E-state index contributed by atoms with van der Waals surface area (Å²) in [6.07, 6.45) is 2.64.